The van der Waals surface area contributed by atoms with Crippen molar-refractivity contribution >= 4 is 39.7 Å². The van der Waals surface area contributed by atoms with Gasteiger partial charge in [-0.3, -0.25) is 0 Å². The summed E-state index contributed by atoms with van der Waals surface area (Å²) >= 11 is 1.65. The van der Waals surface area contributed by atoms with E-state index >= 15 is 0 Å². The van der Waals surface area contributed by atoms with E-state index in [1.165, 1.54) is 16.7 Å². The maximum atomic E-state index is 11.7. The van der Waals surface area contributed by atoms with Crippen LogP contribution in [0.25, 0.3) is 5.70 Å². The highest BCUT2D eigenvalue weighted by molar-refractivity contribution is 8.07. The number of rotatable bonds is 1. The Kier molecular flexibility index (Phi) is 3.83. The Labute approximate surface area is 129 Å². The van der Waals surface area contributed by atoms with Gasteiger partial charge in [0.25, 0.3) is 0 Å². The fourth-order valence-electron chi connectivity index (χ4n) is 2.47. The van der Waals surface area contributed by atoms with Crippen LogP contribution in [0.3, 0.4) is 0 Å². The molecular weight excluding hydrogens is 316 g/mol. The van der Waals surface area contributed by atoms with Crippen molar-refractivity contribution in [1.82, 2.24) is 4.90 Å². The Morgan fingerprint density at radius 1 is 1.40 bits per heavy atom. The lowest BCUT2D eigenvalue weighted by Crippen LogP contribution is -2.11. The number of fused-ring (bicyclic) bond motifs is 2. The molecule has 1 aliphatic heterocycles. The van der Waals surface area contributed by atoms with Gasteiger partial charge in [-0.2, -0.15) is 0 Å². The van der Waals surface area contributed by atoms with E-state index in [9.17, 15) is 8.42 Å². The summed E-state index contributed by atoms with van der Waals surface area (Å²) in [5.74, 6) is 0. The zero-order valence-electron chi connectivity index (χ0n) is 11.1. The molecule has 0 spiro atoms. The van der Waals surface area contributed by atoms with Gasteiger partial charge in [-0.05, 0) is 17.7 Å². The molecule has 108 valence electrons. The summed E-state index contributed by atoms with van der Waals surface area (Å²) in [6, 6.07) is 5.36. The van der Waals surface area contributed by atoms with Crippen LogP contribution in [0.15, 0.2) is 39.2 Å². The first-order valence-electron chi connectivity index (χ1n) is 5.82. The Hall–Kier alpha value is -1.11. The number of nitrogens with zero attached hydrogens (tertiary/aromatic N) is 1. The van der Waals surface area contributed by atoms with Crippen molar-refractivity contribution in [3.05, 3.63) is 45.5 Å². The summed E-state index contributed by atoms with van der Waals surface area (Å²) in [4.78, 5) is 3.63. The highest BCUT2D eigenvalue weighted by Gasteiger charge is 2.33. The van der Waals surface area contributed by atoms with Crippen LogP contribution >= 0.6 is 24.2 Å². The number of allylic oxidation sites excluding steroid dienone is 1. The second kappa shape index (κ2) is 5.02. The SMILES string of the molecule is CN1C(=CN)SC2=C1c1cc(S(C)(=O)=O)ccc1C2.Cl. The summed E-state index contributed by atoms with van der Waals surface area (Å²) in [5.41, 5.74) is 8.86. The number of sulfone groups is 1. The van der Waals surface area contributed by atoms with Gasteiger partial charge < -0.3 is 10.6 Å². The minimum Gasteiger partial charge on any atom is -0.402 e. The Bertz CT molecular complexity index is 739. The number of hydrogen-bond donors (Lipinski definition) is 1. The highest BCUT2D eigenvalue weighted by atomic mass is 35.5. The first-order chi connectivity index (χ1) is 8.91. The van der Waals surface area contributed by atoms with Gasteiger partial charge in [-0.15, -0.1) is 12.4 Å². The van der Waals surface area contributed by atoms with Crippen molar-refractivity contribution in [2.24, 2.45) is 5.73 Å². The van der Waals surface area contributed by atoms with Gasteiger partial charge in [0.1, 0.15) is 0 Å². The first-order valence-corrected chi connectivity index (χ1v) is 8.52. The minimum absolute atomic E-state index is 0. The maximum absolute atomic E-state index is 11.7. The molecule has 0 atom stereocenters. The lowest BCUT2D eigenvalue weighted by atomic mass is 10.1. The number of thioether (sulfide) groups is 1. The molecule has 0 amide bonds. The molecule has 0 saturated carbocycles. The van der Waals surface area contributed by atoms with Crippen LogP contribution in [0, 0.1) is 0 Å². The van der Waals surface area contributed by atoms with Crippen LogP contribution in [0.1, 0.15) is 11.1 Å². The van der Waals surface area contributed by atoms with Crippen molar-refractivity contribution in [1.29, 1.82) is 0 Å². The predicted octanol–water partition coefficient (Wildman–Crippen LogP) is 2.17. The molecule has 0 fully saturated rings. The molecule has 20 heavy (non-hydrogen) atoms. The number of hydrogen-bond acceptors (Lipinski definition) is 5. The summed E-state index contributed by atoms with van der Waals surface area (Å²) < 4.78 is 23.3. The Balaban J connectivity index is 0.00000147. The predicted molar refractivity (Wildman–Crippen MR) is 85.0 cm³/mol. The third-order valence-corrected chi connectivity index (χ3v) is 5.73. The monoisotopic (exact) mass is 330 g/mol. The topological polar surface area (TPSA) is 63.4 Å². The van der Waals surface area contributed by atoms with Gasteiger partial charge in [0, 0.05) is 36.4 Å². The van der Waals surface area contributed by atoms with Gasteiger partial charge >= 0.3 is 0 Å². The van der Waals surface area contributed by atoms with E-state index in [0.717, 1.165) is 22.7 Å². The standard InChI is InChI=1S/C13H14N2O2S2.ClH/c1-15-12(7-14)18-11-5-8-3-4-9(19(2,16)17)6-10(8)13(11)15;/h3-4,6-7H,5,14H2,1-2H3;1H. The molecule has 2 aliphatic rings. The summed E-state index contributed by atoms with van der Waals surface area (Å²) in [5, 5.41) is 0.986. The highest BCUT2D eigenvalue weighted by Crippen LogP contribution is 2.50. The Morgan fingerprint density at radius 3 is 2.70 bits per heavy atom. The largest absolute Gasteiger partial charge is 0.402 e. The molecule has 2 N–H and O–H groups in total. The first kappa shape index (κ1) is 15.3. The van der Waals surface area contributed by atoms with Crippen molar-refractivity contribution in [3.63, 3.8) is 0 Å². The molecule has 7 heteroatoms. The molecule has 4 nitrogen and oxygen atoms in total. The van der Waals surface area contributed by atoms with Crippen LogP contribution in [0.2, 0.25) is 0 Å². The molecule has 0 aromatic heterocycles. The van der Waals surface area contributed by atoms with Crippen molar-refractivity contribution < 1.29 is 8.42 Å². The smallest absolute Gasteiger partial charge is 0.175 e. The van der Waals surface area contributed by atoms with Gasteiger partial charge in [0.15, 0.2) is 9.84 Å². The van der Waals surface area contributed by atoms with Crippen LogP contribution in [-0.4, -0.2) is 26.6 Å². The second-order valence-electron chi connectivity index (χ2n) is 4.71. The van der Waals surface area contributed by atoms with E-state index in [-0.39, 0.29) is 12.4 Å². The number of benzene rings is 1. The minimum atomic E-state index is -3.18. The van der Waals surface area contributed by atoms with Gasteiger partial charge in [-0.1, -0.05) is 17.8 Å². The molecule has 1 aliphatic carbocycles. The fraction of sp³-hybridized carbons (Fsp3) is 0.231. The van der Waals surface area contributed by atoms with Gasteiger partial charge in [0.05, 0.1) is 15.6 Å². The normalized spacial score (nSPS) is 19.1. The van der Waals surface area contributed by atoms with E-state index in [0.29, 0.717) is 4.90 Å². The molecule has 1 aromatic carbocycles. The van der Waals surface area contributed by atoms with Crippen molar-refractivity contribution in [2.45, 2.75) is 11.3 Å². The Morgan fingerprint density at radius 2 is 2.10 bits per heavy atom. The summed E-state index contributed by atoms with van der Waals surface area (Å²) in [7, 11) is -1.22. The van der Waals surface area contributed by atoms with Gasteiger partial charge in [-0.25, -0.2) is 8.42 Å². The van der Waals surface area contributed by atoms with Crippen LogP contribution in [-0.2, 0) is 16.3 Å². The zero-order chi connectivity index (χ0) is 13.8. The van der Waals surface area contributed by atoms with Crippen LogP contribution in [0.4, 0.5) is 0 Å². The molecule has 0 radical (unpaired) electrons. The van der Waals surface area contributed by atoms with Crippen LogP contribution < -0.4 is 5.73 Å². The number of halogens is 1. The third-order valence-electron chi connectivity index (χ3n) is 3.42. The average molecular weight is 331 g/mol. The van der Waals surface area contributed by atoms with Gasteiger partial charge in [0.2, 0.25) is 0 Å². The average Bonchev–Trinajstić information content (AvgIpc) is 2.84. The molecule has 0 saturated heterocycles. The summed E-state index contributed by atoms with van der Waals surface area (Å²) in [6.45, 7) is 0. The molecular formula is C13H15ClN2O2S2. The molecule has 0 unspecified atom stereocenters. The van der Waals surface area contributed by atoms with Crippen molar-refractivity contribution in [3.8, 4) is 0 Å². The molecule has 1 heterocycles. The molecule has 1 aromatic rings. The van der Waals surface area contributed by atoms with E-state index in [2.05, 4.69) is 0 Å². The lowest BCUT2D eigenvalue weighted by molar-refractivity contribution is 0.601. The maximum Gasteiger partial charge on any atom is 0.175 e. The number of nitrogens with two attached hydrogens (primary N) is 1. The van der Waals surface area contributed by atoms with E-state index in [1.807, 2.05) is 18.0 Å². The zero-order valence-corrected chi connectivity index (χ0v) is 13.5. The van der Waals surface area contributed by atoms with Crippen molar-refractivity contribution in [2.75, 3.05) is 13.3 Å². The molecule has 0 bridgehead atoms. The third kappa shape index (κ3) is 2.21. The molecule has 3 rings (SSSR count). The summed E-state index contributed by atoms with van der Waals surface area (Å²) in [6.07, 6.45) is 3.67. The second-order valence-corrected chi connectivity index (χ2v) is 7.84. The van der Waals surface area contributed by atoms with E-state index in [1.54, 1.807) is 30.1 Å². The van der Waals surface area contributed by atoms with E-state index < -0.39 is 9.84 Å². The van der Waals surface area contributed by atoms with Crippen LogP contribution in [0.5, 0.6) is 0 Å². The lowest BCUT2D eigenvalue weighted by Gasteiger charge is -2.18. The van der Waals surface area contributed by atoms with E-state index in [4.69, 9.17) is 5.73 Å². The quantitative estimate of drug-likeness (QED) is 0.855. The fourth-order valence-corrected chi connectivity index (χ4v) is 4.24.